The number of hydrogen-bond acceptors (Lipinski definition) is 6. The Morgan fingerprint density at radius 1 is 0.955 bits per heavy atom. The fourth-order valence-electron chi connectivity index (χ4n) is 5.47. The highest BCUT2D eigenvalue weighted by Gasteiger charge is 2.35. The van der Waals surface area contributed by atoms with Crippen LogP contribution in [0.15, 0.2) is 78.9 Å². The Hall–Kier alpha value is -4.60. The van der Waals surface area contributed by atoms with Gasteiger partial charge in [-0.15, -0.1) is 22.9 Å². The van der Waals surface area contributed by atoms with Gasteiger partial charge in [0.25, 0.3) is 11.8 Å². The normalized spacial score (nSPS) is 14.5. The molecule has 0 fully saturated rings. The zero-order valence-corrected chi connectivity index (χ0v) is 25.9. The summed E-state index contributed by atoms with van der Waals surface area (Å²) in [6.45, 7) is 5.74. The van der Waals surface area contributed by atoms with Crippen molar-refractivity contribution >= 4 is 78.8 Å². The van der Waals surface area contributed by atoms with Crippen LogP contribution in [0.3, 0.4) is 0 Å². The van der Waals surface area contributed by atoms with Crippen LogP contribution in [-0.4, -0.2) is 41.0 Å². The highest BCUT2D eigenvalue weighted by Crippen LogP contribution is 2.46. The fourth-order valence-corrected chi connectivity index (χ4v) is 6.71. The molecule has 0 spiro atoms. The molecule has 0 saturated carbocycles. The lowest BCUT2D eigenvalue weighted by Gasteiger charge is -2.19. The first-order valence-corrected chi connectivity index (χ1v) is 15.4. The number of fused-ring (bicyclic) bond motifs is 4. The van der Waals surface area contributed by atoms with Gasteiger partial charge in [0.2, 0.25) is 0 Å². The third-order valence-electron chi connectivity index (χ3n) is 7.33. The Labute approximate surface area is 263 Å². The van der Waals surface area contributed by atoms with Crippen molar-refractivity contribution in [3.8, 4) is 5.75 Å². The minimum Gasteiger partial charge on any atom is -0.507 e. The first-order valence-electron chi connectivity index (χ1n) is 14.1. The van der Waals surface area contributed by atoms with Crippen LogP contribution in [0.4, 0.5) is 21.9 Å². The number of benzene rings is 4. The van der Waals surface area contributed by atoms with Crippen LogP contribution in [0.2, 0.25) is 0 Å². The third kappa shape index (κ3) is 5.80. The molecule has 6 rings (SSSR count). The van der Waals surface area contributed by atoms with Gasteiger partial charge in [0.05, 0.1) is 10.6 Å². The number of phenolic OH excluding ortho intramolecular Hbond substituents is 1. The molecular weight excluding hydrogens is 598 g/mol. The lowest BCUT2D eigenvalue weighted by molar-refractivity contribution is 0.0635. The van der Waals surface area contributed by atoms with E-state index < -0.39 is 11.7 Å². The number of nitrogens with one attached hydrogen (secondary N) is 2. The van der Waals surface area contributed by atoms with Gasteiger partial charge in [0.15, 0.2) is 0 Å². The zero-order chi connectivity index (χ0) is 31.2. The maximum Gasteiger partial charge on any atom is 0.412 e. The number of carbonyl (C=O) groups is 3. The molecule has 1 aromatic heterocycles. The number of rotatable bonds is 5. The largest absolute Gasteiger partial charge is 0.507 e. The lowest BCUT2D eigenvalue weighted by Crippen LogP contribution is -2.29. The Morgan fingerprint density at radius 2 is 1.70 bits per heavy atom. The van der Waals surface area contributed by atoms with Crippen LogP contribution in [0.1, 0.15) is 52.3 Å². The van der Waals surface area contributed by atoms with E-state index in [1.165, 1.54) is 11.3 Å². The monoisotopic (exact) mass is 627 g/mol. The van der Waals surface area contributed by atoms with E-state index in [0.717, 1.165) is 26.4 Å². The van der Waals surface area contributed by atoms with Crippen molar-refractivity contribution in [3.63, 3.8) is 0 Å². The molecule has 0 saturated heterocycles. The minimum absolute atomic E-state index is 0.0600. The van der Waals surface area contributed by atoms with E-state index in [4.69, 9.17) is 16.3 Å². The molecule has 0 unspecified atom stereocenters. The molecule has 0 radical (unpaired) electrons. The van der Waals surface area contributed by atoms with E-state index in [0.29, 0.717) is 39.9 Å². The quantitative estimate of drug-likeness (QED) is 0.170. The number of carbonyl (C=O) groups excluding carboxylic acids is 3. The molecule has 3 amide bonds. The highest BCUT2D eigenvalue weighted by atomic mass is 35.5. The number of aromatic hydroxyl groups is 1. The third-order valence-corrected chi connectivity index (χ3v) is 8.81. The Kier molecular flexibility index (Phi) is 7.69. The molecule has 3 N–H and O–H groups in total. The Bertz CT molecular complexity index is 1950. The summed E-state index contributed by atoms with van der Waals surface area (Å²) in [7, 11) is 0. The second kappa shape index (κ2) is 11.5. The molecule has 5 aromatic rings. The topological polar surface area (TPSA) is 108 Å². The van der Waals surface area contributed by atoms with Crippen LogP contribution in [0.5, 0.6) is 5.75 Å². The predicted octanol–water partition coefficient (Wildman–Crippen LogP) is 8.34. The number of phenols is 1. The molecule has 1 aliphatic heterocycles. The van der Waals surface area contributed by atoms with Crippen LogP contribution in [0, 0.1) is 0 Å². The molecule has 0 bridgehead atoms. The average molecular weight is 628 g/mol. The van der Waals surface area contributed by atoms with E-state index >= 15 is 0 Å². The van der Waals surface area contributed by atoms with Gasteiger partial charge >= 0.3 is 6.09 Å². The number of thiophene rings is 1. The highest BCUT2D eigenvalue weighted by molar-refractivity contribution is 7.21. The average Bonchev–Trinajstić information content (AvgIpc) is 3.57. The molecule has 8 nitrogen and oxygen atoms in total. The van der Waals surface area contributed by atoms with Crippen LogP contribution in [-0.2, 0) is 4.74 Å². The zero-order valence-electron chi connectivity index (χ0n) is 24.3. The van der Waals surface area contributed by atoms with Gasteiger partial charge < -0.3 is 20.1 Å². The number of ether oxygens (including phenoxy) is 1. The van der Waals surface area contributed by atoms with Crippen molar-refractivity contribution in [1.82, 2.24) is 0 Å². The van der Waals surface area contributed by atoms with Crippen molar-refractivity contribution in [3.05, 3.63) is 94.9 Å². The molecule has 0 aliphatic carbocycles. The van der Waals surface area contributed by atoms with Gasteiger partial charge in [-0.25, -0.2) is 4.79 Å². The van der Waals surface area contributed by atoms with Crippen molar-refractivity contribution in [2.24, 2.45) is 0 Å². The van der Waals surface area contributed by atoms with Crippen molar-refractivity contribution < 1.29 is 24.2 Å². The molecular formula is C34H30ClN3O5S. The van der Waals surface area contributed by atoms with E-state index in [1.54, 1.807) is 62.1 Å². The van der Waals surface area contributed by atoms with Gasteiger partial charge in [0, 0.05) is 51.4 Å². The van der Waals surface area contributed by atoms with Crippen LogP contribution < -0.4 is 15.5 Å². The first-order chi connectivity index (χ1) is 21.0. The summed E-state index contributed by atoms with van der Waals surface area (Å²) in [5.74, 6) is -0.113. The van der Waals surface area contributed by atoms with Crippen molar-refractivity contribution in [2.75, 3.05) is 28.0 Å². The number of anilines is 3. The van der Waals surface area contributed by atoms with Gasteiger partial charge in [-0.2, -0.15) is 0 Å². The van der Waals surface area contributed by atoms with Gasteiger partial charge in [-0.05, 0) is 79.6 Å². The number of amides is 3. The summed E-state index contributed by atoms with van der Waals surface area (Å²) < 4.78 is 6.18. The second-order valence-electron chi connectivity index (χ2n) is 11.7. The molecule has 10 heteroatoms. The number of nitrogens with zero attached hydrogens (tertiary/aromatic N) is 1. The molecule has 1 atom stereocenters. The summed E-state index contributed by atoms with van der Waals surface area (Å²) in [4.78, 5) is 41.3. The van der Waals surface area contributed by atoms with E-state index in [2.05, 4.69) is 10.6 Å². The van der Waals surface area contributed by atoms with Gasteiger partial charge in [-0.1, -0.05) is 30.3 Å². The summed E-state index contributed by atoms with van der Waals surface area (Å²) in [6, 6.07) is 23.1. The SMILES string of the molecule is CC(C)(C)OC(=O)Nc1cccc(C(=O)Nc2ccc3sc(C(=O)N4C[C@@H](CCl)c5c4cc(O)c4ccccc54)cc3c2)c1. The fraction of sp³-hybridized carbons (Fsp3) is 0.206. The molecule has 224 valence electrons. The molecule has 2 heterocycles. The smallest absolute Gasteiger partial charge is 0.412 e. The number of halogens is 1. The number of alkyl halides is 1. The summed E-state index contributed by atoms with van der Waals surface area (Å²) in [5.41, 5.74) is 2.35. The van der Waals surface area contributed by atoms with Crippen LogP contribution >= 0.6 is 22.9 Å². The van der Waals surface area contributed by atoms with Crippen molar-refractivity contribution in [2.45, 2.75) is 32.3 Å². The minimum atomic E-state index is -0.646. The predicted molar refractivity (Wildman–Crippen MR) is 177 cm³/mol. The summed E-state index contributed by atoms with van der Waals surface area (Å²) in [5, 5.41) is 18.7. The maximum absolute atomic E-state index is 13.8. The number of hydrogen-bond donors (Lipinski definition) is 3. The second-order valence-corrected chi connectivity index (χ2v) is 13.1. The summed E-state index contributed by atoms with van der Waals surface area (Å²) in [6.07, 6.45) is -0.607. The molecule has 1 aliphatic rings. The molecule has 44 heavy (non-hydrogen) atoms. The molecule has 4 aromatic carbocycles. The van der Waals surface area contributed by atoms with E-state index in [-0.39, 0.29) is 23.5 Å². The van der Waals surface area contributed by atoms with Gasteiger partial charge in [-0.3, -0.25) is 14.9 Å². The van der Waals surface area contributed by atoms with E-state index in [1.807, 2.05) is 42.5 Å². The maximum atomic E-state index is 13.8. The summed E-state index contributed by atoms with van der Waals surface area (Å²) >= 11 is 7.72. The van der Waals surface area contributed by atoms with E-state index in [9.17, 15) is 19.5 Å². The Balaban J connectivity index is 1.21. The standard InChI is InChI=1S/C34H30ClN3O5S/c1-34(2,3)43-33(42)37-22-8-6-7-19(13-22)31(40)36-23-11-12-28-20(14-23)15-29(44-28)32(41)38-18-21(17-35)30-25-10-5-4-9-24(25)27(39)16-26(30)38/h4-16,21,39H,17-18H2,1-3H3,(H,36,40)(H,37,42)/t21-/m1/s1. The Morgan fingerprint density at radius 3 is 2.45 bits per heavy atom. The van der Waals surface area contributed by atoms with Crippen molar-refractivity contribution in [1.29, 1.82) is 0 Å². The lowest BCUT2D eigenvalue weighted by atomic mass is 9.95. The first kappa shape index (κ1) is 29.5. The van der Waals surface area contributed by atoms with Gasteiger partial charge in [0.1, 0.15) is 11.4 Å². The van der Waals surface area contributed by atoms with Crippen LogP contribution in [0.25, 0.3) is 20.9 Å².